The standard InChI is InChI=1S/C10H13N3/c1-3-13(12-9(2)11)10-7-5-4-6-8-10/h3-8H,1H2,2H3,(H2,11,12). The summed E-state index contributed by atoms with van der Waals surface area (Å²) in [4.78, 5) is 0. The number of hydrogen-bond donors (Lipinski definition) is 1. The van der Waals surface area contributed by atoms with Crippen molar-refractivity contribution in [3.63, 3.8) is 0 Å². The maximum Gasteiger partial charge on any atom is 0.117 e. The van der Waals surface area contributed by atoms with Crippen molar-refractivity contribution in [3.05, 3.63) is 43.1 Å². The van der Waals surface area contributed by atoms with Gasteiger partial charge in [-0.25, -0.2) is 5.01 Å². The molecule has 0 saturated carbocycles. The third-order valence-corrected chi connectivity index (χ3v) is 1.46. The topological polar surface area (TPSA) is 41.6 Å². The smallest absolute Gasteiger partial charge is 0.117 e. The predicted octanol–water partition coefficient (Wildman–Crippen LogP) is 1.93. The molecule has 0 radical (unpaired) electrons. The summed E-state index contributed by atoms with van der Waals surface area (Å²) in [6, 6.07) is 9.70. The molecular formula is C10H13N3. The number of nitrogens with two attached hydrogens (primary N) is 1. The van der Waals surface area contributed by atoms with Crippen molar-refractivity contribution < 1.29 is 0 Å². The van der Waals surface area contributed by atoms with Crippen LogP contribution in [0, 0.1) is 0 Å². The van der Waals surface area contributed by atoms with Crippen LogP contribution in [0.25, 0.3) is 0 Å². The highest BCUT2D eigenvalue weighted by molar-refractivity contribution is 5.78. The quantitative estimate of drug-likeness (QED) is 0.433. The van der Waals surface area contributed by atoms with E-state index in [9.17, 15) is 0 Å². The molecule has 1 aromatic carbocycles. The Kier molecular flexibility index (Phi) is 3.09. The molecule has 0 spiro atoms. The number of hydrazone groups is 1. The van der Waals surface area contributed by atoms with Crippen LogP contribution in [0.5, 0.6) is 0 Å². The zero-order chi connectivity index (χ0) is 9.68. The van der Waals surface area contributed by atoms with Crippen LogP contribution in [0.2, 0.25) is 0 Å². The Morgan fingerprint density at radius 1 is 1.46 bits per heavy atom. The maximum absolute atomic E-state index is 5.47. The fourth-order valence-corrected chi connectivity index (χ4v) is 0.955. The fraction of sp³-hybridized carbons (Fsp3) is 0.100. The van der Waals surface area contributed by atoms with E-state index in [0.29, 0.717) is 5.84 Å². The Morgan fingerprint density at radius 2 is 2.08 bits per heavy atom. The first-order valence-electron chi connectivity index (χ1n) is 4.01. The van der Waals surface area contributed by atoms with E-state index in [-0.39, 0.29) is 0 Å². The number of hydrogen-bond acceptors (Lipinski definition) is 2. The van der Waals surface area contributed by atoms with Crippen LogP contribution < -0.4 is 10.7 Å². The summed E-state index contributed by atoms with van der Waals surface area (Å²) in [6.07, 6.45) is 1.62. The van der Waals surface area contributed by atoms with Crippen LogP contribution in [-0.4, -0.2) is 5.84 Å². The lowest BCUT2D eigenvalue weighted by atomic mass is 10.3. The average molecular weight is 175 g/mol. The molecule has 2 N–H and O–H groups in total. The zero-order valence-electron chi connectivity index (χ0n) is 7.64. The summed E-state index contributed by atoms with van der Waals surface area (Å²) < 4.78 is 0. The normalized spacial score (nSPS) is 11.0. The highest BCUT2D eigenvalue weighted by atomic mass is 15.5. The van der Waals surface area contributed by atoms with E-state index in [1.165, 1.54) is 0 Å². The minimum atomic E-state index is 0.503. The lowest BCUT2D eigenvalue weighted by Gasteiger charge is -2.13. The van der Waals surface area contributed by atoms with E-state index in [1.54, 1.807) is 18.1 Å². The van der Waals surface area contributed by atoms with Crippen molar-refractivity contribution in [2.45, 2.75) is 6.92 Å². The first kappa shape index (κ1) is 9.32. The maximum atomic E-state index is 5.47. The lowest BCUT2D eigenvalue weighted by molar-refractivity contribution is 1.07. The van der Waals surface area contributed by atoms with Crippen LogP contribution in [-0.2, 0) is 0 Å². The molecule has 0 unspecified atom stereocenters. The predicted molar refractivity (Wildman–Crippen MR) is 56.4 cm³/mol. The second-order valence-corrected chi connectivity index (χ2v) is 2.60. The van der Waals surface area contributed by atoms with Gasteiger partial charge >= 0.3 is 0 Å². The minimum absolute atomic E-state index is 0.503. The van der Waals surface area contributed by atoms with Gasteiger partial charge in [0.25, 0.3) is 0 Å². The molecule has 0 fully saturated rings. The van der Waals surface area contributed by atoms with Crippen LogP contribution in [0.15, 0.2) is 48.2 Å². The van der Waals surface area contributed by atoms with E-state index >= 15 is 0 Å². The largest absolute Gasteiger partial charge is 0.386 e. The third kappa shape index (κ3) is 2.63. The van der Waals surface area contributed by atoms with Gasteiger partial charge in [-0.05, 0) is 19.1 Å². The van der Waals surface area contributed by atoms with Gasteiger partial charge in [0, 0.05) is 6.20 Å². The van der Waals surface area contributed by atoms with Crippen molar-refractivity contribution >= 4 is 11.5 Å². The average Bonchev–Trinajstić information content (AvgIpc) is 2.15. The zero-order valence-corrected chi connectivity index (χ0v) is 7.64. The van der Waals surface area contributed by atoms with Crippen LogP contribution in [0.4, 0.5) is 5.69 Å². The molecule has 0 aliphatic rings. The summed E-state index contributed by atoms with van der Waals surface area (Å²) in [5.41, 5.74) is 6.41. The van der Waals surface area contributed by atoms with Crippen molar-refractivity contribution in [3.8, 4) is 0 Å². The number of amidine groups is 1. The van der Waals surface area contributed by atoms with Gasteiger partial charge in [0.15, 0.2) is 0 Å². The van der Waals surface area contributed by atoms with Gasteiger partial charge in [0.05, 0.1) is 5.69 Å². The van der Waals surface area contributed by atoms with Crippen LogP contribution >= 0.6 is 0 Å². The third-order valence-electron chi connectivity index (χ3n) is 1.46. The van der Waals surface area contributed by atoms with Gasteiger partial charge in [-0.2, -0.15) is 5.10 Å². The molecule has 0 atom stereocenters. The molecular weight excluding hydrogens is 162 g/mol. The molecule has 0 aromatic heterocycles. The molecule has 0 bridgehead atoms. The first-order valence-corrected chi connectivity index (χ1v) is 4.01. The number of para-hydroxylation sites is 1. The second-order valence-electron chi connectivity index (χ2n) is 2.60. The molecule has 3 heteroatoms. The monoisotopic (exact) mass is 175 g/mol. The van der Waals surface area contributed by atoms with E-state index in [0.717, 1.165) is 5.69 Å². The van der Waals surface area contributed by atoms with E-state index in [1.807, 2.05) is 30.3 Å². The number of rotatable bonds is 3. The Hall–Kier alpha value is -1.77. The van der Waals surface area contributed by atoms with Gasteiger partial charge in [-0.15, -0.1) is 0 Å². The fourth-order valence-electron chi connectivity index (χ4n) is 0.955. The van der Waals surface area contributed by atoms with Gasteiger partial charge in [-0.3, -0.25) is 0 Å². The van der Waals surface area contributed by atoms with E-state index in [2.05, 4.69) is 11.7 Å². The molecule has 1 aromatic rings. The summed E-state index contributed by atoms with van der Waals surface area (Å²) in [6.45, 7) is 5.39. The molecule has 0 aliphatic heterocycles. The Labute approximate surface area is 78.2 Å². The molecule has 0 saturated heterocycles. The Balaban J connectivity index is 2.92. The highest BCUT2D eigenvalue weighted by Gasteiger charge is 1.97. The SMILES string of the molecule is C=CN(/N=C(\C)N)c1ccccc1. The van der Waals surface area contributed by atoms with Gasteiger partial charge in [0.1, 0.15) is 5.84 Å². The summed E-state index contributed by atoms with van der Waals surface area (Å²) in [5.74, 6) is 0.503. The first-order chi connectivity index (χ1) is 6.24. The van der Waals surface area contributed by atoms with E-state index in [4.69, 9.17) is 5.73 Å². The molecule has 3 nitrogen and oxygen atoms in total. The number of anilines is 1. The lowest BCUT2D eigenvalue weighted by Crippen LogP contribution is -2.15. The van der Waals surface area contributed by atoms with Gasteiger partial charge in [-0.1, -0.05) is 24.8 Å². The number of benzene rings is 1. The molecule has 0 aliphatic carbocycles. The molecule has 13 heavy (non-hydrogen) atoms. The van der Waals surface area contributed by atoms with Gasteiger partial charge < -0.3 is 5.73 Å². The summed E-state index contributed by atoms with van der Waals surface area (Å²) in [5, 5.41) is 5.71. The Bertz CT molecular complexity index is 299. The summed E-state index contributed by atoms with van der Waals surface area (Å²) >= 11 is 0. The van der Waals surface area contributed by atoms with Gasteiger partial charge in [0.2, 0.25) is 0 Å². The molecule has 1 rings (SSSR count). The minimum Gasteiger partial charge on any atom is -0.386 e. The molecule has 0 amide bonds. The van der Waals surface area contributed by atoms with E-state index < -0.39 is 0 Å². The van der Waals surface area contributed by atoms with Crippen LogP contribution in [0.1, 0.15) is 6.92 Å². The summed E-state index contributed by atoms with van der Waals surface area (Å²) in [7, 11) is 0. The molecule has 68 valence electrons. The van der Waals surface area contributed by atoms with Crippen molar-refractivity contribution in [1.29, 1.82) is 0 Å². The van der Waals surface area contributed by atoms with Crippen molar-refractivity contribution in [2.24, 2.45) is 10.8 Å². The number of nitrogens with zero attached hydrogens (tertiary/aromatic N) is 2. The van der Waals surface area contributed by atoms with Crippen LogP contribution in [0.3, 0.4) is 0 Å². The molecule has 0 heterocycles. The Morgan fingerprint density at radius 3 is 2.54 bits per heavy atom. The highest BCUT2D eigenvalue weighted by Crippen LogP contribution is 2.13. The van der Waals surface area contributed by atoms with Crippen molar-refractivity contribution in [1.82, 2.24) is 0 Å². The van der Waals surface area contributed by atoms with Crippen molar-refractivity contribution in [2.75, 3.05) is 5.01 Å². The second kappa shape index (κ2) is 4.30.